The third-order valence-corrected chi connectivity index (χ3v) is 3.40. The molecule has 2 nitrogen and oxygen atoms in total. The molecule has 1 saturated heterocycles. The summed E-state index contributed by atoms with van der Waals surface area (Å²) in [7, 11) is 0. The number of likely N-dealkylation sites (tertiary alicyclic amines) is 1. The Balaban J connectivity index is 2.22. The van der Waals surface area contributed by atoms with Crippen molar-refractivity contribution in [2.45, 2.75) is 72.4 Å². The molecule has 1 fully saturated rings. The van der Waals surface area contributed by atoms with E-state index in [1.54, 1.807) is 0 Å². The second-order valence-electron chi connectivity index (χ2n) is 7.82. The molecule has 0 unspecified atom stereocenters. The first-order valence-electron chi connectivity index (χ1n) is 7.16. The zero-order valence-electron chi connectivity index (χ0n) is 12.8. The molecule has 0 saturated carbocycles. The van der Waals surface area contributed by atoms with E-state index in [-0.39, 0.29) is 5.54 Å². The SMILES string of the molecule is CC(C)(C)CCN1CCC(NC(C)(C)C)CC1. The molecule has 1 heterocycles. The highest BCUT2D eigenvalue weighted by Gasteiger charge is 2.23. The zero-order chi connectivity index (χ0) is 13.1. The van der Waals surface area contributed by atoms with Gasteiger partial charge in [0, 0.05) is 11.6 Å². The minimum Gasteiger partial charge on any atom is -0.309 e. The summed E-state index contributed by atoms with van der Waals surface area (Å²) >= 11 is 0. The minimum atomic E-state index is 0.262. The van der Waals surface area contributed by atoms with Crippen molar-refractivity contribution in [3.8, 4) is 0 Å². The van der Waals surface area contributed by atoms with E-state index in [0.717, 1.165) is 6.04 Å². The largest absolute Gasteiger partial charge is 0.309 e. The summed E-state index contributed by atoms with van der Waals surface area (Å²) in [5.41, 5.74) is 0.735. The third kappa shape index (κ3) is 7.05. The molecule has 1 aliphatic rings. The second-order valence-corrected chi connectivity index (χ2v) is 7.82. The van der Waals surface area contributed by atoms with E-state index in [1.165, 1.54) is 38.9 Å². The Bertz CT molecular complexity index is 214. The molecule has 0 amide bonds. The van der Waals surface area contributed by atoms with Gasteiger partial charge in [-0.3, -0.25) is 0 Å². The maximum absolute atomic E-state index is 3.72. The summed E-state index contributed by atoms with van der Waals surface area (Å²) in [6.07, 6.45) is 3.92. The van der Waals surface area contributed by atoms with Gasteiger partial charge < -0.3 is 10.2 Å². The number of rotatable bonds is 3. The van der Waals surface area contributed by atoms with Crippen LogP contribution in [0, 0.1) is 5.41 Å². The fourth-order valence-corrected chi connectivity index (χ4v) is 2.41. The molecule has 0 aliphatic carbocycles. The molecule has 0 bridgehead atoms. The van der Waals surface area contributed by atoms with E-state index >= 15 is 0 Å². The Morgan fingerprint density at radius 2 is 1.53 bits per heavy atom. The Labute approximate surface area is 108 Å². The van der Waals surface area contributed by atoms with E-state index in [0.29, 0.717) is 5.41 Å². The molecular formula is C15H32N2. The van der Waals surface area contributed by atoms with Crippen LogP contribution in [0.2, 0.25) is 0 Å². The zero-order valence-corrected chi connectivity index (χ0v) is 12.8. The van der Waals surface area contributed by atoms with Gasteiger partial charge in [0.2, 0.25) is 0 Å². The molecule has 17 heavy (non-hydrogen) atoms. The van der Waals surface area contributed by atoms with Crippen LogP contribution in [0.3, 0.4) is 0 Å². The van der Waals surface area contributed by atoms with Crippen LogP contribution in [0.5, 0.6) is 0 Å². The van der Waals surface area contributed by atoms with Crippen molar-refractivity contribution < 1.29 is 0 Å². The van der Waals surface area contributed by atoms with Crippen LogP contribution in [0.15, 0.2) is 0 Å². The van der Waals surface area contributed by atoms with Gasteiger partial charge in [0.1, 0.15) is 0 Å². The first kappa shape index (κ1) is 15.0. The molecule has 0 atom stereocenters. The van der Waals surface area contributed by atoms with Gasteiger partial charge in [0.25, 0.3) is 0 Å². The number of nitrogens with one attached hydrogen (secondary N) is 1. The summed E-state index contributed by atoms with van der Waals surface area (Å²) in [4.78, 5) is 2.63. The standard InChI is InChI=1S/C15H32N2/c1-14(2,3)9-12-17-10-7-13(8-11-17)16-15(4,5)6/h13,16H,7-12H2,1-6H3. The fraction of sp³-hybridized carbons (Fsp3) is 1.00. The topological polar surface area (TPSA) is 15.3 Å². The van der Waals surface area contributed by atoms with Crippen LogP contribution in [0.25, 0.3) is 0 Å². The lowest BCUT2D eigenvalue weighted by Crippen LogP contribution is -2.49. The normalized spacial score (nSPS) is 20.8. The van der Waals surface area contributed by atoms with E-state index in [4.69, 9.17) is 0 Å². The highest BCUT2D eigenvalue weighted by atomic mass is 15.1. The van der Waals surface area contributed by atoms with Crippen LogP contribution in [0.1, 0.15) is 60.8 Å². The van der Waals surface area contributed by atoms with Gasteiger partial charge in [-0.1, -0.05) is 20.8 Å². The maximum Gasteiger partial charge on any atom is 0.00991 e. The first-order valence-corrected chi connectivity index (χ1v) is 7.16. The van der Waals surface area contributed by atoms with E-state index < -0.39 is 0 Å². The monoisotopic (exact) mass is 240 g/mol. The average Bonchev–Trinajstić information content (AvgIpc) is 2.13. The highest BCUT2D eigenvalue weighted by Crippen LogP contribution is 2.21. The minimum absolute atomic E-state index is 0.262. The van der Waals surface area contributed by atoms with Gasteiger partial charge in [-0.15, -0.1) is 0 Å². The molecule has 102 valence electrons. The van der Waals surface area contributed by atoms with Crippen molar-refractivity contribution in [2.24, 2.45) is 5.41 Å². The number of hydrogen-bond acceptors (Lipinski definition) is 2. The highest BCUT2D eigenvalue weighted by molar-refractivity contribution is 4.83. The summed E-state index contributed by atoms with van der Waals surface area (Å²) < 4.78 is 0. The lowest BCUT2D eigenvalue weighted by Gasteiger charge is -2.37. The lowest BCUT2D eigenvalue weighted by atomic mass is 9.91. The molecule has 1 N–H and O–H groups in total. The van der Waals surface area contributed by atoms with E-state index in [2.05, 4.69) is 51.8 Å². The van der Waals surface area contributed by atoms with Gasteiger partial charge in [-0.05, 0) is 65.1 Å². The number of nitrogens with zero attached hydrogens (tertiary/aromatic N) is 1. The van der Waals surface area contributed by atoms with E-state index in [9.17, 15) is 0 Å². The van der Waals surface area contributed by atoms with E-state index in [1.807, 2.05) is 0 Å². The maximum atomic E-state index is 3.72. The molecule has 2 heteroatoms. The van der Waals surface area contributed by atoms with Crippen LogP contribution in [-0.4, -0.2) is 36.1 Å². The Hall–Kier alpha value is -0.0800. The predicted octanol–water partition coefficient (Wildman–Crippen LogP) is 3.28. The van der Waals surface area contributed by atoms with Crippen molar-refractivity contribution in [1.82, 2.24) is 10.2 Å². The van der Waals surface area contributed by atoms with Crippen molar-refractivity contribution in [1.29, 1.82) is 0 Å². The predicted molar refractivity (Wildman–Crippen MR) is 76.4 cm³/mol. The first-order chi connectivity index (χ1) is 7.66. The Morgan fingerprint density at radius 1 is 1.00 bits per heavy atom. The second kappa shape index (κ2) is 5.71. The number of piperidine rings is 1. The van der Waals surface area contributed by atoms with Gasteiger partial charge in [0.15, 0.2) is 0 Å². The molecular weight excluding hydrogens is 208 g/mol. The smallest absolute Gasteiger partial charge is 0.00991 e. The van der Waals surface area contributed by atoms with Crippen molar-refractivity contribution >= 4 is 0 Å². The summed E-state index contributed by atoms with van der Waals surface area (Å²) in [6, 6.07) is 0.723. The molecule has 0 aromatic heterocycles. The molecule has 0 aromatic carbocycles. The molecule has 0 aromatic rings. The lowest BCUT2D eigenvalue weighted by molar-refractivity contribution is 0.163. The van der Waals surface area contributed by atoms with Crippen LogP contribution < -0.4 is 5.32 Å². The van der Waals surface area contributed by atoms with Crippen LogP contribution in [0.4, 0.5) is 0 Å². The Morgan fingerprint density at radius 3 is 1.94 bits per heavy atom. The third-order valence-electron chi connectivity index (χ3n) is 3.40. The summed E-state index contributed by atoms with van der Waals surface area (Å²) in [5.74, 6) is 0. The van der Waals surface area contributed by atoms with Gasteiger partial charge in [-0.25, -0.2) is 0 Å². The van der Waals surface area contributed by atoms with Crippen LogP contribution >= 0.6 is 0 Å². The molecule has 1 rings (SSSR count). The molecule has 0 spiro atoms. The number of hydrogen-bond donors (Lipinski definition) is 1. The Kier molecular flexibility index (Phi) is 5.03. The van der Waals surface area contributed by atoms with Crippen molar-refractivity contribution in [3.05, 3.63) is 0 Å². The van der Waals surface area contributed by atoms with Crippen molar-refractivity contribution in [3.63, 3.8) is 0 Å². The molecule has 1 aliphatic heterocycles. The molecule has 0 radical (unpaired) electrons. The van der Waals surface area contributed by atoms with Gasteiger partial charge in [0.05, 0.1) is 0 Å². The van der Waals surface area contributed by atoms with Gasteiger partial charge in [-0.2, -0.15) is 0 Å². The van der Waals surface area contributed by atoms with Crippen molar-refractivity contribution in [2.75, 3.05) is 19.6 Å². The fourth-order valence-electron chi connectivity index (χ4n) is 2.41. The van der Waals surface area contributed by atoms with Gasteiger partial charge >= 0.3 is 0 Å². The quantitative estimate of drug-likeness (QED) is 0.814. The summed E-state index contributed by atoms with van der Waals surface area (Å²) in [5, 5.41) is 3.72. The average molecular weight is 240 g/mol. The summed E-state index contributed by atoms with van der Waals surface area (Å²) in [6.45, 7) is 17.6. The van der Waals surface area contributed by atoms with Crippen LogP contribution in [-0.2, 0) is 0 Å².